The molecule has 1 fully saturated rings. The number of hydrogen-bond acceptors (Lipinski definition) is 4. The molecule has 26 heavy (non-hydrogen) atoms. The van der Waals surface area contributed by atoms with Crippen LogP contribution in [0.2, 0.25) is 0 Å². The number of rotatable bonds is 5. The van der Waals surface area contributed by atoms with Crippen molar-refractivity contribution in [1.29, 1.82) is 0 Å². The lowest BCUT2D eigenvalue weighted by atomic mass is 9.97. The number of benzene rings is 1. The molecule has 1 aromatic heterocycles. The first-order valence-electron chi connectivity index (χ1n) is 8.44. The van der Waals surface area contributed by atoms with E-state index in [2.05, 4.69) is 20.9 Å². The van der Waals surface area contributed by atoms with Gasteiger partial charge in [0.1, 0.15) is 17.4 Å². The summed E-state index contributed by atoms with van der Waals surface area (Å²) in [7, 11) is 0. The van der Waals surface area contributed by atoms with Crippen LogP contribution in [0, 0.1) is 5.92 Å². The van der Waals surface area contributed by atoms with E-state index < -0.39 is 6.09 Å². The van der Waals surface area contributed by atoms with E-state index in [1.807, 2.05) is 30.3 Å². The van der Waals surface area contributed by atoms with Gasteiger partial charge in [-0.05, 0) is 40.3 Å². The fourth-order valence-corrected chi connectivity index (χ4v) is 3.43. The number of likely N-dealkylation sites (tertiary alicyclic amines) is 1. The normalized spacial score (nSPS) is 15.0. The van der Waals surface area contributed by atoms with Crippen LogP contribution in [0.15, 0.2) is 45.9 Å². The molecular weight excluding hydrogens is 402 g/mol. The van der Waals surface area contributed by atoms with Crippen LogP contribution in [0.5, 0.6) is 5.88 Å². The Morgan fingerprint density at radius 1 is 1.27 bits per heavy atom. The number of ether oxygens (including phenoxy) is 1. The zero-order valence-electron chi connectivity index (χ0n) is 14.2. The number of carboxylic acid groups (broad SMARTS) is 1. The summed E-state index contributed by atoms with van der Waals surface area (Å²) in [5, 5.41) is 9.00. The van der Waals surface area contributed by atoms with Gasteiger partial charge in [0, 0.05) is 19.6 Å². The van der Waals surface area contributed by atoms with Crippen LogP contribution in [0.4, 0.5) is 4.79 Å². The first kappa shape index (κ1) is 18.4. The molecule has 2 heterocycles. The molecule has 1 saturated heterocycles. The van der Waals surface area contributed by atoms with E-state index in [1.165, 1.54) is 11.2 Å². The fraction of sp³-hybridized carbons (Fsp3) is 0.389. The smallest absolute Gasteiger partial charge is 0.407 e. The third kappa shape index (κ3) is 4.43. The van der Waals surface area contributed by atoms with Crippen LogP contribution in [-0.4, -0.2) is 38.7 Å². The number of halogens is 1. The van der Waals surface area contributed by atoms with Crippen molar-refractivity contribution in [3.8, 4) is 5.88 Å². The lowest BCUT2D eigenvalue weighted by molar-refractivity contribution is 0.121. The fourth-order valence-electron chi connectivity index (χ4n) is 2.99. The number of piperidine rings is 1. The van der Waals surface area contributed by atoms with Crippen molar-refractivity contribution >= 4 is 22.0 Å². The molecule has 0 radical (unpaired) electrons. The molecule has 1 amide bonds. The number of amides is 1. The first-order valence-corrected chi connectivity index (χ1v) is 9.23. The van der Waals surface area contributed by atoms with Gasteiger partial charge in [-0.25, -0.2) is 9.78 Å². The van der Waals surface area contributed by atoms with E-state index in [9.17, 15) is 9.59 Å². The Morgan fingerprint density at radius 2 is 1.96 bits per heavy atom. The lowest BCUT2D eigenvalue weighted by Gasteiger charge is -2.30. The third-order valence-electron chi connectivity index (χ3n) is 4.51. The predicted octanol–water partition coefficient (Wildman–Crippen LogP) is 2.97. The molecule has 7 nitrogen and oxygen atoms in total. The zero-order chi connectivity index (χ0) is 18.5. The maximum absolute atomic E-state index is 12.5. The minimum atomic E-state index is -0.884. The molecule has 2 aromatic rings. The molecule has 1 N–H and O–H groups in total. The van der Waals surface area contributed by atoms with Gasteiger partial charge in [0.2, 0.25) is 5.88 Å². The van der Waals surface area contributed by atoms with Crippen molar-refractivity contribution in [2.45, 2.75) is 26.0 Å². The standard InChI is InChI=1S/C18H20BrN3O4/c19-15-16(26-11-14-4-2-1-3-5-14)20-12-22(17(15)23)10-13-6-8-21(9-7-13)18(24)25/h1-5,12-13H,6-11H2,(H,24,25). The largest absolute Gasteiger partial charge is 0.472 e. The van der Waals surface area contributed by atoms with Crippen LogP contribution in [0.1, 0.15) is 18.4 Å². The molecule has 0 bridgehead atoms. The van der Waals surface area contributed by atoms with Crippen molar-refractivity contribution in [3.05, 3.63) is 57.0 Å². The Kier molecular flexibility index (Phi) is 5.92. The highest BCUT2D eigenvalue weighted by Gasteiger charge is 2.23. The molecule has 0 atom stereocenters. The maximum Gasteiger partial charge on any atom is 0.407 e. The Balaban J connectivity index is 1.62. The molecule has 1 aromatic carbocycles. The highest BCUT2D eigenvalue weighted by molar-refractivity contribution is 9.10. The topological polar surface area (TPSA) is 84.7 Å². The van der Waals surface area contributed by atoms with Crippen LogP contribution in [-0.2, 0) is 13.2 Å². The second-order valence-corrected chi connectivity index (χ2v) is 7.10. The van der Waals surface area contributed by atoms with E-state index in [0.29, 0.717) is 30.7 Å². The van der Waals surface area contributed by atoms with Gasteiger partial charge in [0.25, 0.3) is 5.56 Å². The molecule has 0 saturated carbocycles. The van der Waals surface area contributed by atoms with Crippen molar-refractivity contribution in [1.82, 2.24) is 14.5 Å². The summed E-state index contributed by atoms with van der Waals surface area (Å²) in [6, 6.07) is 9.67. The molecule has 1 aliphatic rings. The van der Waals surface area contributed by atoms with Gasteiger partial charge in [-0.3, -0.25) is 9.36 Å². The molecule has 0 spiro atoms. The van der Waals surface area contributed by atoms with Crippen molar-refractivity contribution < 1.29 is 14.6 Å². The molecule has 0 unspecified atom stereocenters. The average Bonchev–Trinajstić information content (AvgIpc) is 2.66. The summed E-state index contributed by atoms with van der Waals surface area (Å²) in [6.07, 6.45) is 2.09. The summed E-state index contributed by atoms with van der Waals surface area (Å²) in [5.74, 6) is 0.531. The first-order chi connectivity index (χ1) is 12.5. The van der Waals surface area contributed by atoms with Gasteiger partial charge < -0.3 is 14.7 Å². The number of carbonyl (C=O) groups is 1. The zero-order valence-corrected chi connectivity index (χ0v) is 15.8. The Bertz CT molecular complexity index is 817. The summed E-state index contributed by atoms with van der Waals surface area (Å²) in [6.45, 7) is 1.86. The summed E-state index contributed by atoms with van der Waals surface area (Å²) < 4.78 is 7.51. The predicted molar refractivity (Wildman–Crippen MR) is 99.3 cm³/mol. The number of hydrogen-bond donors (Lipinski definition) is 1. The minimum absolute atomic E-state index is 0.191. The highest BCUT2D eigenvalue weighted by atomic mass is 79.9. The van der Waals surface area contributed by atoms with E-state index in [0.717, 1.165) is 18.4 Å². The van der Waals surface area contributed by atoms with Gasteiger partial charge >= 0.3 is 6.09 Å². The number of aromatic nitrogens is 2. The average molecular weight is 422 g/mol. The van der Waals surface area contributed by atoms with E-state index in [1.54, 1.807) is 4.57 Å². The second kappa shape index (κ2) is 8.35. The maximum atomic E-state index is 12.5. The second-order valence-electron chi connectivity index (χ2n) is 6.31. The van der Waals surface area contributed by atoms with Gasteiger partial charge in [0.05, 0.1) is 0 Å². The molecule has 3 rings (SSSR count). The summed E-state index contributed by atoms with van der Waals surface area (Å²) >= 11 is 3.29. The molecule has 1 aliphatic heterocycles. The van der Waals surface area contributed by atoms with Crippen LogP contribution < -0.4 is 10.3 Å². The van der Waals surface area contributed by atoms with Crippen molar-refractivity contribution in [2.75, 3.05) is 13.1 Å². The van der Waals surface area contributed by atoms with Gasteiger partial charge in [-0.1, -0.05) is 30.3 Å². The Labute approximate surface area is 159 Å². The molecule has 0 aliphatic carbocycles. The van der Waals surface area contributed by atoms with E-state index in [-0.39, 0.29) is 17.4 Å². The van der Waals surface area contributed by atoms with E-state index in [4.69, 9.17) is 9.84 Å². The summed E-state index contributed by atoms with van der Waals surface area (Å²) in [4.78, 5) is 29.2. The van der Waals surface area contributed by atoms with Gasteiger partial charge in [0.15, 0.2) is 0 Å². The van der Waals surface area contributed by atoms with E-state index >= 15 is 0 Å². The molecular formula is C18H20BrN3O4. The quantitative estimate of drug-likeness (QED) is 0.801. The van der Waals surface area contributed by atoms with Gasteiger partial charge in [-0.2, -0.15) is 0 Å². The minimum Gasteiger partial charge on any atom is -0.472 e. The molecule has 138 valence electrons. The lowest BCUT2D eigenvalue weighted by Crippen LogP contribution is -2.39. The Morgan fingerprint density at radius 3 is 2.62 bits per heavy atom. The highest BCUT2D eigenvalue weighted by Crippen LogP contribution is 2.21. The summed E-state index contributed by atoms with van der Waals surface area (Å²) in [5.41, 5.74) is 0.805. The molecule has 8 heteroatoms. The van der Waals surface area contributed by atoms with Crippen molar-refractivity contribution in [3.63, 3.8) is 0 Å². The SMILES string of the molecule is O=C(O)N1CCC(Cn2cnc(OCc3ccccc3)c(Br)c2=O)CC1. The third-order valence-corrected chi connectivity index (χ3v) is 5.19. The number of nitrogens with zero attached hydrogens (tertiary/aromatic N) is 3. The van der Waals surface area contributed by atoms with Gasteiger partial charge in [-0.15, -0.1) is 0 Å². The Hall–Kier alpha value is -2.35. The van der Waals surface area contributed by atoms with Crippen molar-refractivity contribution in [2.24, 2.45) is 5.92 Å². The van der Waals surface area contributed by atoms with Crippen LogP contribution in [0.25, 0.3) is 0 Å². The van der Waals surface area contributed by atoms with Crippen LogP contribution in [0.3, 0.4) is 0 Å². The monoisotopic (exact) mass is 421 g/mol. The van der Waals surface area contributed by atoms with Crippen LogP contribution >= 0.6 is 15.9 Å².